The average Bonchev–Trinajstić information content (AvgIpc) is 2.44. The fraction of sp³-hybridized carbons (Fsp3) is 0.533. The molecule has 0 fully saturated rings. The zero-order valence-corrected chi connectivity index (χ0v) is 11.8. The van der Waals surface area contributed by atoms with E-state index in [-0.39, 0.29) is 0 Å². The molecule has 19 heavy (non-hydrogen) atoms. The molecule has 0 saturated carbocycles. The van der Waals surface area contributed by atoms with E-state index >= 15 is 0 Å². The van der Waals surface area contributed by atoms with Crippen LogP contribution in [0.15, 0.2) is 29.3 Å². The molecule has 0 bridgehead atoms. The maximum Gasteiger partial charge on any atom is 0.191 e. The highest BCUT2D eigenvalue weighted by Gasteiger charge is 2.04. The maximum absolute atomic E-state index is 5.73. The zero-order valence-electron chi connectivity index (χ0n) is 11.8. The van der Waals surface area contributed by atoms with Crippen LogP contribution in [0.5, 0.6) is 5.75 Å². The topological polar surface area (TPSA) is 45.6 Å². The second-order valence-corrected chi connectivity index (χ2v) is 5.22. The van der Waals surface area contributed by atoms with Crippen molar-refractivity contribution in [1.29, 1.82) is 0 Å². The monoisotopic (exact) mass is 261 g/mol. The second kappa shape index (κ2) is 7.02. The first-order valence-corrected chi connectivity index (χ1v) is 6.98. The van der Waals surface area contributed by atoms with Gasteiger partial charge in [0.15, 0.2) is 5.96 Å². The van der Waals surface area contributed by atoms with Gasteiger partial charge in [0.25, 0.3) is 0 Å². The van der Waals surface area contributed by atoms with Crippen LogP contribution < -0.4 is 15.4 Å². The van der Waals surface area contributed by atoms with Crippen molar-refractivity contribution in [2.24, 2.45) is 10.9 Å². The lowest BCUT2D eigenvalue weighted by Gasteiger charge is -2.16. The van der Waals surface area contributed by atoms with Crippen molar-refractivity contribution in [3.8, 4) is 5.75 Å². The third-order valence-corrected chi connectivity index (χ3v) is 2.84. The highest BCUT2D eigenvalue weighted by molar-refractivity contribution is 5.80. The van der Waals surface area contributed by atoms with Gasteiger partial charge < -0.3 is 15.4 Å². The molecular formula is C15H23N3O. The molecule has 4 heteroatoms. The van der Waals surface area contributed by atoms with Crippen LogP contribution in [-0.4, -0.2) is 25.7 Å². The Bertz CT molecular complexity index is 429. The van der Waals surface area contributed by atoms with Crippen LogP contribution in [0.1, 0.15) is 25.8 Å². The van der Waals surface area contributed by atoms with E-state index in [1.165, 1.54) is 5.56 Å². The number of guanidine groups is 1. The molecular weight excluding hydrogens is 238 g/mol. The molecule has 104 valence electrons. The molecule has 2 rings (SSSR count). The Kier molecular flexibility index (Phi) is 5.07. The van der Waals surface area contributed by atoms with Gasteiger partial charge in [-0.3, -0.25) is 4.99 Å². The van der Waals surface area contributed by atoms with E-state index in [0.29, 0.717) is 5.92 Å². The molecule has 0 unspecified atom stereocenters. The summed E-state index contributed by atoms with van der Waals surface area (Å²) >= 11 is 0. The molecule has 4 nitrogen and oxygen atoms in total. The van der Waals surface area contributed by atoms with Crippen LogP contribution >= 0.6 is 0 Å². The van der Waals surface area contributed by atoms with E-state index in [1.54, 1.807) is 0 Å². The molecule has 0 spiro atoms. The predicted molar refractivity (Wildman–Crippen MR) is 78.5 cm³/mol. The number of hydrogen-bond donors (Lipinski definition) is 2. The smallest absolute Gasteiger partial charge is 0.191 e. The van der Waals surface area contributed by atoms with Crippen LogP contribution in [0.4, 0.5) is 0 Å². The average molecular weight is 261 g/mol. The SMILES string of the molecule is CC(C)COc1cccc(CNC2=NCCCN2)c1. The third kappa shape index (κ3) is 4.81. The van der Waals surface area contributed by atoms with Gasteiger partial charge in [0.2, 0.25) is 0 Å². The fourth-order valence-corrected chi connectivity index (χ4v) is 1.84. The summed E-state index contributed by atoms with van der Waals surface area (Å²) in [5.74, 6) is 2.38. The van der Waals surface area contributed by atoms with Crippen LogP contribution in [-0.2, 0) is 6.54 Å². The van der Waals surface area contributed by atoms with E-state index in [0.717, 1.165) is 44.4 Å². The fourth-order valence-electron chi connectivity index (χ4n) is 1.84. The Hall–Kier alpha value is -1.71. The molecule has 0 radical (unpaired) electrons. The van der Waals surface area contributed by atoms with Crippen molar-refractivity contribution in [1.82, 2.24) is 10.6 Å². The van der Waals surface area contributed by atoms with Gasteiger partial charge in [-0.25, -0.2) is 0 Å². The Morgan fingerprint density at radius 2 is 2.32 bits per heavy atom. The lowest BCUT2D eigenvalue weighted by atomic mass is 10.2. The van der Waals surface area contributed by atoms with Gasteiger partial charge in [-0.1, -0.05) is 26.0 Å². The number of nitrogens with zero attached hydrogens (tertiary/aromatic N) is 1. The molecule has 0 atom stereocenters. The quantitative estimate of drug-likeness (QED) is 0.854. The second-order valence-electron chi connectivity index (χ2n) is 5.22. The summed E-state index contributed by atoms with van der Waals surface area (Å²) in [6, 6.07) is 8.21. The number of ether oxygens (including phenoxy) is 1. The first-order valence-electron chi connectivity index (χ1n) is 6.98. The van der Waals surface area contributed by atoms with Gasteiger partial charge in [-0.15, -0.1) is 0 Å². The van der Waals surface area contributed by atoms with Crippen molar-refractivity contribution in [3.05, 3.63) is 29.8 Å². The first kappa shape index (κ1) is 13.7. The summed E-state index contributed by atoms with van der Waals surface area (Å²) in [5, 5.41) is 6.56. The molecule has 1 aromatic carbocycles. The summed E-state index contributed by atoms with van der Waals surface area (Å²) in [6.45, 7) is 7.74. The summed E-state index contributed by atoms with van der Waals surface area (Å²) in [6.07, 6.45) is 1.11. The van der Waals surface area contributed by atoms with Crippen LogP contribution in [0.25, 0.3) is 0 Å². The Balaban J connectivity index is 1.86. The summed E-state index contributed by atoms with van der Waals surface area (Å²) in [7, 11) is 0. The van der Waals surface area contributed by atoms with E-state index < -0.39 is 0 Å². The summed E-state index contributed by atoms with van der Waals surface area (Å²) in [4.78, 5) is 4.39. The molecule has 0 saturated heterocycles. The molecule has 1 aliphatic rings. The van der Waals surface area contributed by atoms with Crippen molar-refractivity contribution in [3.63, 3.8) is 0 Å². The van der Waals surface area contributed by atoms with Crippen molar-refractivity contribution < 1.29 is 4.74 Å². The highest BCUT2D eigenvalue weighted by Crippen LogP contribution is 2.14. The highest BCUT2D eigenvalue weighted by atomic mass is 16.5. The minimum absolute atomic E-state index is 0.544. The lowest BCUT2D eigenvalue weighted by molar-refractivity contribution is 0.271. The van der Waals surface area contributed by atoms with Gasteiger partial charge in [-0.05, 0) is 30.0 Å². The molecule has 2 N–H and O–H groups in total. The van der Waals surface area contributed by atoms with Gasteiger partial charge >= 0.3 is 0 Å². The van der Waals surface area contributed by atoms with E-state index in [9.17, 15) is 0 Å². The molecule has 0 aliphatic carbocycles. The largest absolute Gasteiger partial charge is 0.493 e. The number of rotatable bonds is 5. The Labute approximate surface area is 115 Å². The van der Waals surface area contributed by atoms with Gasteiger partial charge in [0.1, 0.15) is 5.75 Å². The van der Waals surface area contributed by atoms with Crippen LogP contribution in [0.2, 0.25) is 0 Å². The van der Waals surface area contributed by atoms with Crippen LogP contribution in [0, 0.1) is 5.92 Å². The lowest BCUT2D eigenvalue weighted by Crippen LogP contribution is -2.40. The molecule has 1 aliphatic heterocycles. The van der Waals surface area contributed by atoms with Crippen molar-refractivity contribution in [2.45, 2.75) is 26.8 Å². The van der Waals surface area contributed by atoms with Gasteiger partial charge in [0, 0.05) is 19.6 Å². The van der Waals surface area contributed by atoms with Gasteiger partial charge in [0.05, 0.1) is 6.61 Å². The van der Waals surface area contributed by atoms with E-state index in [1.807, 2.05) is 12.1 Å². The van der Waals surface area contributed by atoms with E-state index in [4.69, 9.17) is 4.74 Å². The third-order valence-electron chi connectivity index (χ3n) is 2.84. The van der Waals surface area contributed by atoms with Crippen molar-refractivity contribution in [2.75, 3.05) is 19.7 Å². The predicted octanol–water partition coefficient (Wildman–Crippen LogP) is 2.16. The summed E-state index contributed by atoms with van der Waals surface area (Å²) in [5.41, 5.74) is 1.20. The minimum atomic E-state index is 0.544. The zero-order chi connectivity index (χ0) is 13.5. The summed E-state index contributed by atoms with van der Waals surface area (Å²) < 4.78 is 5.73. The molecule has 0 amide bonds. The number of benzene rings is 1. The Morgan fingerprint density at radius 3 is 3.05 bits per heavy atom. The molecule has 1 heterocycles. The van der Waals surface area contributed by atoms with Crippen LogP contribution in [0.3, 0.4) is 0 Å². The first-order chi connectivity index (χ1) is 9.24. The minimum Gasteiger partial charge on any atom is -0.493 e. The van der Waals surface area contributed by atoms with Crippen molar-refractivity contribution >= 4 is 5.96 Å². The molecule has 0 aromatic heterocycles. The normalized spacial score (nSPS) is 14.8. The van der Waals surface area contributed by atoms with Gasteiger partial charge in [-0.2, -0.15) is 0 Å². The van der Waals surface area contributed by atoms with E-state index in [2.05, 4.69) is 41.6 Å². The number of nitrogens with one attached hydrogen (secondary N) is 2. The standard InChI is InChI=1S/C15H23N3O/c1-12(2)11-19-14-6-3-5-13(9-14)10-18-15-16-7-4-8-17-15/h3,5-6,9,12H,4,7-8,10-11H2,1-2H3,(H2,16,17,18). The molecule has 1 aromatic rings. The Morgan fingerprint density at radius 1 is 1.42 bits per heavy atom. The number of aliphatic imine (C=N–C) groups is 1. The maximum atomic E-state index is 5.73. The number of hydrogen-bond acceptors (Lipinski definition) is 4.